The molecule has 0 bridgehead atoms. The Hall–Kier alpha value is 0.350. The molecule has 0 aromatic rings. The summed E-state index contributed by atoms with van der Waals surface area (Å²) in [5.41, 5.74) is 0.371. The summed E-state index contributed by atoms with van der Waals surface area (Å²) >= 11 is 0. The van der Waals surface area contributed by atoms with Crippen molar-refractivity contribution in [2.24, 2.45) is 11.3 Å². The van der Waals surface area contributed by atoms with Gasteiger partial charge in [-0.3, -0.25) is 4.90 Å². The number of hydrogen-bond acceptors (Lipinski definition) is 2. The van der Waals surface area contributed by atoms with E-state index < -0.39 is 0 Å². The molecule has 0 saturated carbocycles. The van der Waals surface area contributed by atoms with E-state index in [0.717, 1.165) is 32.2 Å². The number of rotatable bonds is 4. The van der Waals surface area contributed by atoms with E-state index in [9.17, 15) is 0 Å². The monoisotopic (exact) mass is 231 g/mol. The van der Waals surface area contributed by atoms with Gasteiger partial charge >= 0.3 is 0 Å². The highest BCUT2D eigenvalue weighted by Crippen LogP contribution is 2.36. The summed E-state index contributed by atoms with van der Waals surface area (Å²) in [6, 6.07) is 0. The molecule has 1 heterocycles. The molecule has 0 spiro atoms. The Labute approximate surface area is 97.0 Å². The molecule has 0 aromatic heterocycles. The summed E-state index contributed by atoms with van der Waals surface area (Å²) in [4.78, 5) is 2.54. The summed E-state index contributed by atoms with van der Waals surface area (Å²) in [7, 11) is 3.03. The van der Waals surface area contributed by atoms with Crippen LogP contribution in [-0.2, 0) is 4.74 Å². The van der Waals surface area contributed by atoms with Crippen LogP contribution in [0, 0.1) is 11.3 Å². The topological polar surface area (TPSA) is 12.5 Å². The molecule has 0 radical (unpaired) electrons. The van der Waals surface area contributed by atoms with Gasteiger partial charge in [-0.15, -0.1) is 9.24 Å². The minimum absolute atomic E-state index is 0.371. The van der Waals surface area contributed by atoms with Crippen molar-refractivity contribution in [2.75, 3.05) is 26.3 Å². The van der Waals surface area contributed by atoms with E-state index >= 15 is 0 Å². The molecule has 1 fully saturated rings. The molecule has 2 unspecified atom stereocenters. The average molecular weight is 231 g/mol. The van der Waals surface area contributed by atoms with Crippen molar-refractivity contribution >= 4 is 9.24 Å². The van der Waals surface area contributed by atoms with E-state index in [0.29, 0.717) is 11.2 Å². The van der Waals surface area contributed by atoms with Crippen molar-refractivity contribution in [1.82, 2.24) is 4.90 Å². The van der Waals surface area contributed by atoms with Gasteiger partial charge in [0.2, 0.25) is 0 Å². The molecule has 90 valence electrons. The van der Waals surface area contributed by atoms with Crippen LogP contribution in [0.1, 0.15) is 34.1 Å². The second-order valence-electron chi connectivity index (χ2n) is 5.68. The third-order valence-corrected chi connectivity index (χ3v) is 4.50. The van der Waals surface area contributed by atoms with Crippen LogP contribution < -0.4 is 0 Å². The average Bonchev–Trinajstić information content (AvgIpc) is 2.16. The summed E-state index contributed by atoms with van der Waals surface area (Å²) in [6.07, 6.45) is 1.28. The molecule has 0 N–H and O–H groups in total. The Balaban J connectivity index is 2.52. The molecule has 0 amide bonds. The summed E-state index contributed by atoms with van der Waals surface area (Å²) in [5, 5.41) is 0. The van der Waals surface area contributed by atoms with Gasteiger partial charge in [-0.2, -0.15) is 0 Å². The summed E-state index contributed by atoms with van der Waals surface area (Å²) in [5.74, 6) is 1.34. The van der Waals surface area contributed by atoms with Gasteiger partial charge in [0, 0.05) is 18.9 Å². The molecule has 0 aromatic carbocycles. The fourth-order valence-corrected chi connectivity index (χ4v) is 2.96. The zero-order valence-electron chi connectivity index (χ0n) is 10.6. The highest BCUT2D eigenvalue weighted by atomic mass is 31.0. The van der Waals surface area contributed by atoms with Gasteiger partial charge in [-0.05, 0) is 17.8 Å². The lowest BCUT2D eigenvalue weighted by Crippen LogP contribution is -2.47. The van der Waals surface area contributed by atoms with E-state index in [1.165, 1.54) is 6.42 Å². The van der Waals surface area contributed by atoms with Crippen LogP contribution in [0.3, 0.4) is 0 Å². The van der Waals surface area contributed by atoms with Crippen molar-refractivity contribution in [2.45, 2.75) is 39.9 Å². The third kappa shape index (κ3) is 4.01. The van der Waals surface area contributed by atoms with E-state index in [1.54, 1.807) is 0 Å². The minimum atomic E-state index is 0.371. The van der Waals surface area contributed by atoms with Gasteiger partial charge in [0.15, 0.2) is 0 Å². The van der Waals surface area contributed by atoms with Gasteiger partial charge < -0.3 is 4.74 Å². The predicted octanol–water partition coefficient (Wildman–Crippen LogP) is 2.59. The smallest absolute Gasteiger partial charge is 0.0594 e. The van der Waals surface area contributed by atoms with Crippen molar-refractivity contribution in [3.8, 4) is 0 Å². The molecule has 1 saturated heterocycles. The van der Waals surface area contributed by atoms with E-state index in [-0.39, 0.29) is 0 Å². The van der Waals surface area contributed by atoms with Crippen LogP contribution in [-0.4, -0.2) is 37.0 Å². The lowest BCUT2D eigenvalue weighted by atomic mass is 9.83. The second kappa shape index (κ2) is 5.61. The molecule has 1 aliphatic rings. The quantitative estimate of drug-likeness (QED) is 0.690. The molecular formula is C12H26NOP. The second-order valence-corrected chi connectivity index (χ2v) is 6.31. The maximum absolute atomic E-state index is 5.39. The molecule has 2 nitrogen and oxygen atoms in total. The standard InChI is InChI=1S/C12H26NOP/c1-10(2)9-12(3,4)11(15)13-5-7-14-8-6-13/h10-11H,5-9,15H2,1-4H3. The first-order chi connectivity index (χ1) is 6.93. The SMILES string of the molecule is CC(C)CC(C)(C)C(P)N1CCOCC1. The van der Waals surface area contributed by atoms with Gasteiger partial charge in [0.05, 0.1) is 13.2 Å². The zero-order chi connectivity index (χ0) is 11.5. The first kappa shape index (κ1) is 13.4. The van der Waals surface area contributed by atoms with Gasteiger partial charge in [0.25, 0.3) is 0 Å². The molecule has 3 heteroatoms. The minimum Gasteiger partial charge on any atom is -0.379 e. The van der Waals surface area contributed by atoms with Crippen molar-refractivity contribution < 1.29 is 4.74 Å². The normalized spacial score (nSPS) is 22.0. The highest BCUT2D eigenvalue weighted by molar-refractivity contribution is 7.17. The Morgan fingerprint density at radius 2 is 1.80 bits per heavy atom. The van der Waals surface area contributed by atoms with Crippen molar-refractivity contribution in [1.29, 1.82) is 0 Å². The lowest BCUT2D eigenvalue weighted by Gasteiger charge is -2.42. The molecule has 1 rings (SSSR count). The molecule has 2 atom stereocenters. The maximum atomic E-state index is 5.39. The van der Waals surface area contributed by atoms with E-state index in [1.807, 2.05) is 0 Å². The van der Waals surface area contributed by atoms with Gasteiger partial charge in [-0.25, -0.2) is 0 Å². The van der Waals surface area contributed by atoms with Crippen molar-refractivity contribution in [3.05, 3.63) is 0 Å². The van der Waals surface area contributed by atoms with Crippen LogP contribution in [0.2, 0.25) is 0 Å². The van der Waals surface area contributed by atoms with Crippen LogP contribution in [0.15, 0.2) is 0 Å². The van der Waals surface area contributed by atoms with E-state index in [4.69, 9.17) is 4.74 Å². The highest BCUT2D eigenvalue weighted by Gasteiger charge is 2.31. The largest absolute Gasteiger partial charge is 0.379 e. The van der Waals surface area contributed by atoms with Crippen LogP contribution in [0.5, 0.6) is 0 Å². The molecule has 15 heavy (non-hydrogen) atoms. The number of ether oxygens (including phenoxy) is 1. The zero-order valence-corrected chi connectivity index (χ0v) is 11.8. The fraction of sp³-hybridized carbons (Fsp3) is 1.00. The van der Waals surface area contributed by atoms with E-state index in [2.05, 4.69) is 41.8 Å². The summed E-state index contributed by atoms with van der Waals surface area (Å²) < 4.78 is 5.39. The maximum Gasteiger partial charge on any atom is 0.0594 e. The third-order valence-electron chi connectivity index (χ3n) is 3.17. The Bertz CT molecular complexity index is 188. The first-order valence-electron chi connectivity index (χ1n) is 6.01. The first-order valence-corrected chi connectivity index (χ1v) is 6.67. The molecule has 1 aliphatic heterocycles. The predicted molar refractivity (Wildman–Crippen MR) is 69.1 cm³/mol. The van der Waals surface area contributed by atoms with Gasteiger partial charge in [-0.1, -0.05) is 27.7 Å². The van der Waals surface area contributed by atoms with Crippen molar-refractivity contribution in [3.63, 3.8) is 0 Å². The number of nitrogens with zero attached hydrogens (tertiary/aromatic N) is 1. The Morgan fingerprint density at radius 3 is 2.27 bits per heavy atom. The lowest BCUT2D eigenvalue weighted by molar-refractivity contribution is 0.00798. The molecular weight excluding hydrogens is 205 g/mol. The van der Waals surface area contributed by atoms with Crippen LogP contribution in [0.25, 0.3) is 0 Å². The Kier molecular flexibility index (Phi) is 5.02. The fourth-order valence-electron chi connectivity index (χ4n) is 2.52. The molecule has 0 aliphatic carbocycles. The van der Waals surface area contributed by atoms with Crippen LogP contribution in [0.4, 0.5) is 0 Å². The summed E-state index contributed by atoms with van der Waals surface area (Å²) in [6.45, 7) is 13.3. The Morgan fingerprint density at radius 1 is 1.27 bits per heavy atom. The number of morpholine rings is 1. The number of hydrogen-bond donors (Lipinski definition) is 0. The van der Waals surface area contributed by atoms with Gasteiger partial charge in [0.1, 0.15) is 0 Å². The van der Waals surface area contributed by atoms with Crippen LogP contribution >= 0.6 is 9.24 Å².